The van der Waals surface area contributed by atoms with E-state index in [1.165, 1.54) is 6.42 Å². The zero-order valence-corrected chi connectivity index (χ0v) is 9.25. The van der Waals surface area contributed by atoms with Crippen LogP contribution in [0.15, 0.2) is 0 Å². The van der Waals surface area contributed by atoms with Gasteiger partial charge in [0, 0.05) is 12.6 Å². The van der Waals surface area contributed by atoms with Crippen molar-refractivity contribution in [3.8, 4) is 12.3 Å². The van der Waals surface area contributed by atoms with Gasteiger partial charge in [-0.15, -0.1) is 6.42 Å². The van der Waals surface area contributed by atoms with E-state index in [9.17, 15) is 4.79 Å². The molecule has 15 heavy (non-hydrogen) atoms. The quantitative estimate of drug-likeness (QED) is 0.609. The van der Waals surface area contributed by atoms with Gasteiger partial charge in [0.25, 0.3) is 0 Å². The molecule has 0 bridgehead atoms. The molecule has 1 unspecified atom stereocenters. The Morgan fingerprint density at radius 1 is 1.73 bits per heavy atom. The molecule has 0 aliphatic carbocycles. The van der Waals surface area contributed by atoms with Crippen LogP contribution < -0.4 is 10.6 Å². The minimum absolute atomic E-state index is 0.000948. The Balaban J connectivity index is 2.24. The number of rotatable bonds is 4. The molecule has 0 saturated carbocycles. The van der Waals surface area contributed by atoms with E-state index in [2.05, 4.69) is 21.5 Å². The number of hydrogen-bond donors (Lipinski definition) is 2. The number of piperidine rings is 1. The molecule has 1 atom stereocenters. The van der Waals surface area contributed by atoms with Crippen LogP contribution in [0.1, 0.15) is 12.8 Å². The second-order valence-corrected chi connectivity index (χ2v) is 3.90. The fourth-order valence-electron chi connectivity index (χ4n) is 1.77. The summed E-state index contributed by atoms with van der Waals surface area (Å²) in [4.78, 5) is 13.5. The summed E-state index contributed by atoms with van der Waals surface area (Å²) >= 11 is 0. The van der Waals surface area contributed by atoms with Crippen molar-refractivity contribution in [2.45, 2.75) is 18.9 Å². The van der Waals surface area contributed by atoms with Gasteiger partial charge in [0.2, 0.25) is 5.91 Å². The lowest BCUT2D eigenvalue weighted by atomic mass is 10.1. The summed E-state index contributed by atoms with van der Waals surface area (Å²) in [6, 6.07) is 0.468. The lowest BCUT2D eigenvalue weighted by Gasteiger charge is -2.31. The monoisotopic (exact) mass is 209 g/mol. The summed E-state index contributed by atoms with van der Waals surface area (Å²) in [5.41, 5.74) is 0. The molecule has 0 aromatic rings. The fraction of sp³-hybridized carbons (Fsp3) is 0.727. The fourth-order valence-corrected chi connectivity index (χ4v) is 1.77. The van der Waals surface area contributed by atoms with Crippen LogP contribution >= 0.6 is 0 Å². The summed E-state index contributed by atoms with van der Waals surface area (Å²) < 4.78 is 0. The van der Waals surface area contributed by atoms with E-state index in [-0.39, 0.29) is 5.91 Å². The number of amides is 1. The first-order valence-corrected chi connectivity index (χ1v) is 5.35. The lowest BCUT2D eigenvalue weighted by Crippen LogP contribution is -2.47. The molecule has 0 spiro atoms. The highest BCUT2D eigenvalue weighted by Gasteiger charge is 2.19. The van der Waals surface area contributed by atoms with Crippen LogP contribution in [0, 0.1) is 12.3 Å². The molecule has 0 aromatic carbocycles. The topological polar surface area (TPSA) is 44.4 Å². The Morgan fingerprint density at radius 3 is 3.13 bits per heavy atom. The highest BCUT2D eigenvalue weighted by atomic mass is 16.2. The highest BCUT2D eigenvalue weighted by Crippen LogP contribution is 2.07. The molecule has 1 rings (SSSR count). The van der Waals surface area contributed by atoms with E-state index < -0.39 is 0 Å². The molecule has 1 heterocycles. The van der Waals surface area contributed by atoms with E-state index in [0.29, 0.717) is 19.1 Å². The van der Waals surface area contributed by atoms with Crippen LogP contribution in [0.5, 0.6) is 0 Å². The maximum atomic E-state index is 11.4. The molecule has 84 valence electrons. The van der Waals surface area contributed by atoms with Crippen LogP contribution in [0.3, 0.4) is 0 Å². The smallest absolute Gasteiger partial charge is 0.234 e. The summed E-state index contributed by atoms with van der Waals surface area (Å²) in [5.74, 6) is 2.39. The summed E-state index contributed by atoms with van der Waals surface area (Å²) in [7, 11) is 1.98. The van der Waals surface area contributed by atoms with E-state index in [0.717, 1.165) is 19.5 Å². The molecule has 0 aromatic heterocycles. The maximum Gasteiger partial charge on any atom is 0.234 e. The molecular formula is C11H19N3O. The third-order valence-electron chi connectivity index (χ3n) is 2.67. The maximum absolute atomic E-state index is 11.4. The Hall–Kier alpha value is -1.05. The van der Waals surface area contributed by atoms with E-state index >= 15 is 0 Å². The third kappa shape index (κ3) is 4.32. The van der Waals surface area contributed by atoms with Crippen LogP contribution in [-0.4, -0.2) is 50.1 Å². The van der Waals surface area contributed by atoms with Crippen LogP contribution in [0.2, 0.25) is 0 Å². The molecule has 4 nitrogen and oxygen atoms in total. The Bertz CT molecular complexity index is 241. The van der Waals surface area contributed by atoms with E-state index in [4.69, 9.17) is 6.42 Å². The number of carbonyl (C=O) groups is 1. The molecule has 1 aliphatic heterocycles. The number of nitrogens with one attached hydrogen (secondary N) is 2. The summed E-state index contributed by atoms with van der Waals surface area (Å²) in [5, 5.41) is 5.99. The van der Waals surface area contributed by atoms with Crippen LogP contribution in [0.4, 0.5) is 0 Å². The van der Waals surface area contributed by atoms with Gasteiger partial charge in [-0.2, -0.15) is 0 Å². The summed E-state index contributed by atoms with van der Waals surface area (Å²) in [6.07, 6.45) is 7.40. The van der Waals surface area contributed by atoms with Gasteiger partial charge >= 0.3 is 0 Å². The van der Waals surface area contributed by atoms with E-state index in [1.807, 2.05) is 7.05 Å². The predicted molar refractivity (Wildman–Crippen MR) is 60.4 cm³/mol. The van der Waals surface area contributed by atoms with Gasteiger partial charge in [-0.1, -0.05) is 5.92 Å². The van der Waals surface area contributed by atoms with Crippen LogP contribution in [-0.2, 0) is 4.79 Å². The van der Waals surface area contributed by atoms with Crippen LogP contribution in [0.25, 0.3) is 0 Å². The minimum Gasteiger partial charge on any atom is -0.344 e. The van der Waals surface area contributed by atoms with Gasteiger partial charge in [-0.05, 0) is 26.4 Å². The highest BCUT2D eigenvalue weighted by molar-refractivity contribution is 5.78. The average Bonchev–Trinajstić information content (AvgIpc) is 2.27. The minimum atomic E-state index is 0.000948. The van der Waals surface area contributed by atoms with Crippen molar-refractivity contribution >= 4 is 5.91 Å². The number of carbonyl (C=O) groups excluding carboxylic acids is 1. The standard InChI is InChI=1S/C11H19N3O/c1-3-6-13-11(15)9-14(2)10-5-4-7-12-8-10/h1,10,12H,4-9H2,2H3,(H,13,15). The second kappa shape index (κ2) is 6.44. The van der Waals surface area contributed by atoms with Gasteiger partial charge in [0.05, 0.1) is 13.1 Å². The van der Waals surface area contributed by atoms with Gasteiger partial charge in [0.15, 0.2) is 0 Å². The van der Waals surface area contributed by atoms with Crippen molar-refractivity contribution in [2.75, 3.05) is 33.2 Å². The Morgan fingerprint density at radius 2 is 2.53 bits per heavy atom. The van der Waals surface area contributed by atoms with Crippen molar-refractivity contribution in [3.63, 3.8) is 0 Å². The number of hydrogen-bond acceptors (Lipinski definition) is 3. The molecular weight excluding hydrogens is 190 g/mol. The number of likely N-dealkylation sites (N-methyl/N-ethyl adjacent to an activating group) is 1. The molecule has 1 saturated heterocycles. The zero-order chi connectivity index (χ0) is 11.1. The van der Waals surface area contributed by atoms with E-state index in [1.54, 1.807) is 0 Å². The first kappa shape index (κ1) is 12.0. The zero-order valence-electron chi connectivity index (χ0n) is 9.25. The first-order valence-electron chi connectivity index (χ1n) is 5.35. The van der Waals surface area contributed by atoms with Gasteiger partial charge in [-0.3, -0.25) is 9.69 Å². The van der Waals surface area contributed by atoms with Gasteiger partial charge in [0.1, 0.15) is 0 Å². The van der Waals surface area contributed by atoms with Crippen molar-refractivity contribution in [1.29, 1.82) is 0 Å². The predicted octanol–water partition coefficient (Wildman–Crippen LogP) is -0.580. The van der Waals surface area contributed by atoms with Gasteiger partial charge < -0.3 is 10.6 Å². The van der Waals surface area contributed by atoms with Crippen molar-refractivity contribution < 1.29 is 4.79 Å². The lowest BCUT2D eigenvalue weighted by molar-refractivity contribution is -0.122. The molecule has 1 aliphatic rings. The molecule has 1 fully saturated rings. The Labute approximate surface area is 91.4 Å². The van der Waals surface area contributed by atoms with Crippen molar-refractivity contribution in [3.05, 3.63) is 0 Å². The Kier molecular flexibility index (Phi) is 5.16. The number of terminal acetylenes is 1. The third-order valence-corrected chi connectivity index (χ3v) is 2.67. The first-order chi connectivity index (χ1) is 7.24. The number of nitrogens with zero attached hydrogens (tertiary/aromatic N) is 1. The average molecular weight is 209 g/mol. The molecule has 2 N–H and O–H groups in total. The second-order valence-electron chi connectivity index (χ2n) is 3.90. The molecule has 1 amide bonds. The normalized spacial score (nSPS) is 21.0. The molecule has 4 heteroatoms. The van der Waals surface area contributed by atoms with Gasteiger partial charge in [-0.25, -0.2) is 0 Å². The largest absolute Gasteiger partial charge is 0.344 e. The summed E-state index contributed by atoms with van der Waals surface area (Å²) in [6.45, 7) is 2.80. The molecule has 0 radical (unpaired) electrons. The van der Waals surface area contributed by atoms with Crippen molar-refractivity contribution in [2.24, 2.45) is 0 Å². The SMILES string of the molecule is C#CCNC(=O)CN(C)C1CCCNC1. The van der Waals surface area contributed by atoms with Crippen molar-refractivity contribution in [1.82, 2.24) is 15.5 Å².